The SMILES string of the molecule is Cl.O=C(CC1CCCO1)N1CCC(C2CCCN2)CC1. The molecule has 20 heavy (non-hydrogen) atoms. The molecule has 3 rings (SSSR count). The largest absolute Gasteiger partial charge is 0.378 e. The van der Waals surface area contributed by atoms with Crippen molar-refractivity contribution >= 4 is 18.3 Å². The van der Waals surface area contributed by atoms with Gasteiger partial charge >= 0.3 is 0 Å². The van der Waals surface area contributed by atoms with E-state index < -0.39 is 0 Å². The molecule has 2 unspecified atom stereocenters. The summed E-state index contributed by atoms with van der Waals surface area (Å²) in [6.07, 6.45) is 7.98. The van der Waals surface area contributed by atoms with Crippen LogP contribution in [0.25, 0.3) is 0 Å². The highest BCUT2D eigenvalue weighted by Crippen LogP contribution is 2.26. The Kier molecular flexibility index (Phi) is 6.12. The van der Waals surface area contributed by atoms with Crippen molar-refractivity contribution in [3.05, 3.63) is 0 Å². The van der Waals surface area contributed by atoms with Gasteiger partial charge in [-0.25, -0.2) is 0 Å². The minimum absolute atomic E-state index is 0. The van der Waals surface area contributed by atoms with E-state index in [2.05, 4.69) is 10.2 Å². The maximum absolute atomic E-state index is 12.2. The van der Waals surface area contributed by atoms with Gasteiger partial charge in [0, 0.05) is 25.7 Å². The summed E-state index contributed by atoms with van der Waals surface area (Å²) in [5.74, 6) is 1.10. The predicted molar refractivity (Wildman–Crippen MR) is 81.2 cm³/mol. The second kappa shape index (κ2) is 7.62. The first kappa shape index (κ1) is 16.1. The summed E-state index contributed by atoms with van der Waals surface area (Å²) in [6, 6.07) is 0.718. The lowest BCUT2D eigenvalue weighted by molar-refractivity contribution is -0.135. The molecule has 4 nitrogen and oxygen atoms in total. The van der Waals surface area contributed by atoms with Crippen molar-refractivity contribution in [3.63, 3.8) is 0 Å². The van der Waals surface area contributed by atoms with Gasteiger partial charge in [0.1, 0.15) is 0 Å². The third-order valence-electron chi connectivity index (χ3n) is 4.99. The fourth-order valence-electron chi connectivity index (χ4n) is 3.79. The number of likely N-dealkylation sites (tertiary alicyclic amines) is 1. The molecule has 5 heteroatoms. The summed E-state index contributed by atoms with van der Waals surface area (Å²) >= 11 is 0. The molecule has 1 amide bonds. The van der Waals surface area contributed by atoms with Gasteiger partial charge < -0.3 is 15.0 Å². The highest BCUT2D eigenvalue weighted by Gasteiger charge is 2.30. The zero-order chi connectivity index (χ0) is 13.1. The molecule has 1 N–H and O–H groups in total. The zero-order valence-corrected chi connectivity index (χ0v) is 13.0. The fraction of sp³-hybridized carbons (Fsp3) is 0.933. The van der Waals surface area contributed by atoms with Crippen LogP contribution in [0.15, 0.2) is 0 Å². The Balaban J connectivity index is 0.00000147. The Hall–Kier alpha value is -0.320. The maximum atomic E-state index is 12.2. The first-order valence-corrected chi connectivity index (χ1v) is 7.95. The molecule has 3 heterocycles. The molecule has 2 atom stereocenters. The zero-order valence-electron chi connectivity index (χ0n) is 12.2. The second-order valence-corrected chi connectivity index (χ2v) is 6.26. The molecule has 116 valence electrons. The fourth-order valence-corrected chi connectivity index (χ4v) is 3.79. The van der Waals surface area contributed by atoms with E-state index in [0.717, 1.165) is 44.5 Å². The minimum Gasteiger partial charge on any atom is -0.378 e. The summed E-state index contributed by atoms with van der Waals surface area (Å²) < 4.78 is 5.56. The molecule has 3 aliphatic heterocycles. The van der Waals surface area contributed by atoms with Gasteiger partial charge in [-0.05, 0) is 51.0 Å². The Morgan fingerprint density at radius 1 is 1.15 bits per heavy atom. The van der Waals surface area contributed by atoms with Crippen LogP contribution >= 0.6 is 12.4 Å². The number of carbonyl (C=O) groups excluding carboxylic acids is 1. The number of nitrogens with zero attached hydrogens (tertiary/aromatic N) is 1. The lowest BCUT2D eigenvalue weighted by Crippen LogP contribution is -2.44. The molecule has 0 aromatic carbocycles. The molecule has 3 saturated heterocycles. The Bertz CT molecular complexity index is 307. The Morgan fingerprint density at radius 3 is 2.55 bits per heavy atom. The van der Waals surface area contributed by atoms with E-state index in [1.54, 1.807) is 0 Å². The van der Waals surface area contributed by atoms with Gasteiger partial charge in [-0.15, -0.1) is 12.4 Å². The monoisotopic (exact) mass is 302 g/mol. The summed E-state index contributed by atoms with van der Waals surface area (Å²) in [5, 5.41) is 3.61. The summed E-state index contributed by atoms with van der Waals surface area (Å²) in [5.41, 5.74) is 0. The van der Waals surface area contributed by atoms with Crippen LogP contribution in [0.2, 0.25) is 0 Å². The average Bonchev–Trinajstić information content (AvgIpc) is 3.12. The first-order chi connectivity index (χ1) is 9.33. The van der Waals surface area contributed by atoms with Crippen LogP contribution in [0, 0.1) is 5.92 Å². The Labute approximate surface area is 128 Å². The number of nitrogens with one attached hydrogen (secondary N) is 1. The van der Waals surface area contributed by atoms with Gasteiger partial charge in [-0.3, -0.25) is 4.79 Å². The predicted octanol–water partition coefficient (Wildman–Crippen LogP) is 1.97. The third-order valence-corrected chi connectivity index (χ3v) is 4.99. The number of amides is 1. The van der Waals surface area contributed by atoms with Gasteiger partial charge in [0.15, 0.2) is 0 Å². The number of hydrogen-bond acceptors (Lipinski definition) is 3. The van der Waals surface area contributed by atoms with Gasteiger partial charge in [0.2, 0.25) is 5.91 Å². The molecule has 3 aliphatic rings. The third kappa shape index (κ3) is 3.86. The molecule has 0 saturated carbocycles. The number of carbonyl (C=O) groups is 1. The molecule has 0 radical (unpaired) electrons. The molecular weight excluding hydrogens is 276 g/mol. The van der Waals surface area contributed by atoms with Gasteiger partial charge in [-0.1, -0.05) is 0 Å². The molecule has 0 spiro atoms. The normalized spacial score (nSPS) is 31.3. The molecule has 3 fully saturated rings. The van der Waals surface area contributed by atoms with Crippen molar-refractivity contribution in [1.29, 1.82) is 0 Å². The highest BCUT2D eigenvalue weighted by molar-refractivity contribution is 5.85. The van der Waals surface area contributed by atoms with E-state index in [9.17, 15) is 4.79 Å². The van der Waals surface area contributed by atoms with Gasteiger partial charge in [0.05, 0.1) is 12.5 Å². The highest BCUT2D eigenvalue weighted by atomic mass is 35.5. The lowest BCUT2D eigenvalue weighted by atomic mass is 9.88. The number of halogens is 1. The van der Waals surface area contributed by atoms with E-state index in [-0.39, 0.29) is 18.5 Å². The first-order valence-electron chi connectivity index (χ1n) is 7.95. The molecule has 0 aromatic rings. The van der Waals surface area contributed by atoms with Crippen molar-refractivity contribution in [1.82, 2.24) is 10.2 Å². The summed E-state index contributed by atoms with van der Waals surface area (Å²) in [7, 11) is 0. The van der Waals surface area contributed by atoms with Crippen molar-refractivity contribution in [2.24, 2.45) is 5.92 Å². The number of rotatable bonds is 3. The van der Waals surface area contributed by atoms with E-state index in [4.69, 9.17) is 4.74 Å². The number of ether oxygens (including phenoxy) is 1. The van der Waals surface area contributed by atoms with E-state index >= 15 is 0 Å². The lowest BCUT2D eigenvalue weighted by Gasteiger charge is -2.35. The van der Waals surface area contributed by atoms with Crippen LogP contribution in [0.5, 0.6) is 0 Å². The maximum Gasteiger partial charge on any atom is 0.225 e. The van der Waals surface area contributed by atoms with E-state index in [1.807, 2.05) is 0 Å². The van der Waals surface area contributed by atoms with Gasteiger partial charge in [0.25, 0.3) is 0 Å². The standard InChI is InChI=1S/C15H26N2O2.ClH/c18-15(11-13-3-2-10-19-13)17-8-5-12(6-9-17)14-4-1-7-16-14;/h12-14,16H,1-11H2;1H. The summed E-state index contributed by atoms with van der Waals surface area (Å²) in [6.45, 7) is 3.93. The van der Waals surface area contributed by atoms with Crippen LogP contribution in [0.4, 0.5) is 0 Å². The molecule has 0 aliphatic carbocycles. The van der Waals surface area contributed by atoms with Crippen LogP contribution in [-0.4, -0.2) is 49.2 Å². The number of hydrogen-bond donors (Lipinski definition) is 1. The molecule has 0 bridgehead atoms. The van der Waals surface area contributed by atoms with Crippen molar-refractivity contribution in [2.75, 3.05) is 26.2 Å². The van der Waals surface area contributed by atoms with E-state index in [1.165, 1.54) is 32.2 Å². The Morgan fingerprint density at radius 2 is 1.95 bits per heavy atom. The van der Waals surface area contributed by atoms with Crippen molar-refractivity contribution in [3.8, 4) is 0 Å². The second-order valence-electron chi connectivity index (χ2n) is 6.26. The smallest absolute Gasteiger partial charge is 0.225 e. The minimum atomic E-state index is 0. The van der Waals surface area contributed by atoms with Crippen molar-refractivity contribution in [2.45, 2.75) is 57.1 Å². The van der Waals surface area contributed by atoms with Crippen LogP contribution < -0.4 is 5.32 Å². The van der Waals surface area contributed by atoms with Crippen LogP contribution in [-0.2, 0) is 9.53 Å². The van der Waals surface area contributed by atoms with Crippen molar-refractivity contribution < 1.29 is 9.53 Å². The van der Waals surface area contributed by atoms with E-state index in [0.29, 0.717) is 12.3 Å². The number of piperidine rings is 1. The molecule has 0 aromatic heterocycles. The summed E-state index contributed by atoms with van der Waals surface area (Å²) in [4.78, 5) is 14.3. The quantitative estimate of drug-likeness (QED) is 0.866. The van der Waals surface area contributed by atoms with Crippen LogP contribution in [0.3, 0.4) is 0 Å². The van der Waals surface area contributed by atoms with Crippen LogP contribution in [0.1, 0.15) is 44.9 Å². The topological polar surface area (TPSA) is 41.6 Å². The van der Waals surface area contributed by atoms with Gasteiger partial charge in [-0.2, -0.15) is 0 Å². The molecular formula is C15H27ClN2O2. The average molecular weight is 303 g/mol.